The molecule has 0 bridgehead atoms. The van der Waals surface area contributed by atoms with E-state index in [9.17, 15) is 4.79 Å². The lowest BCUT2D eigenvalue weighted by atomic mass is 10.3. The molecule has 0 aliphatic heterocycles. The molecular weight excluding hydrogens is 264 g/mol. The summed E-state index contributed by atoms with van der Waals surface area (Å²) in [6, 6.07) is 11.5. The molecule has 0 radical (unpaired) electrons. The van der Waals surface area contributed by atoms with Gasteiger partial charge in [-0.05, 0) is 32.0 Å². The Hall–Kier alpha value is -2.43. The van der Waals surface area contributed by atoms with E-state index >= 15 is 0 Å². The highest BCUT2D eigenvalue weighted by molar-refractivity contribution is 5.92. The summed E-state index contributed by atoms with van der Waals surface area (Å²) in [4.78, 5) is 24.6. The number of carbonyl (C=O) groups is 1. The van der Waals surface area contributed by atoms with Crippen LogP contribution in [0.2, 0.25) is 0 Å². The molecule has 1 heterocycles. The second-order valence-corrected chi connectivity index (χ2v) is 4.61. The number of rotatable bonds is 5. The van der Waals surface area contributed by atoms with Crippen molar-refractivity contribution in [1.29, 1.82) is 0 Å². The fraction of sp³-hybridized carbons (Fsp3) is 0.312. The van der Waals surface area contributed by atoms with Crippen molar-refractivity contribution in [3.63, 3.8) is 0 Å². The lowest BCUT2D eigenvalue weighted by Crippen LogP contribution is -2.31. The first-order chi connectivity index (χ1) is 10.2. The van der Waals surface area contributed by atoms with Crippen LogP contribution in [0.5, 0.6) is 0 Å². The molecular formula is C16H20N4O. The maximum absolute atomic E-state index is 12.3. The number of nitrogens with zero attached hydrogens (tertiary/aromatic N) is 4. The molecule has 0 fully saturated rings. The van der Waals surface area contributed by atoms with Crippen LogP contribution in [-0.2, 0) is 0 Å². The Labute approximate surface area is 125 Å². The van der Waals surface area contributed by atoms with Crippen molar-refractivity contribution in [3.8, 4) is 0 Å². The number of benzene rings is 1. The molecule has 2 aromatic rings. The van der Waals surface area contributed by atoms with Crippen molar-refractivity contribution < 1.29 is 4.79 Å². The zero-order valence-corrected chi connectivity index (χ0v) is 12.7. The summed E-state index contributed by atoms with van der Waals surface area (Å²) in [5, 5.41) is 0. The van der Waals surface area contributed by atoms with Gasteiger partial charge in [0.15, 0.2) is 0 Å². The van der Waals surface area contributed by atoms with Gasteiger partial charge in [0.05, 0.1) is 0 Å². The number of carbonyl (C=O) groups excluding carboxylic acids is 1. The van der Waals surface area contributed by atoms with Crippen LogP contribution in [0, 0.1) is 0 Å². The molecule has 5 nitrogen and oxygen atoms in total. The van der Waals surface area contributed by atoms with Crippen molar-refractivity contribution in [3.05, 3.63) is 48.3 Å². The van der Waals surface area contributed by atoms with Gasteiger partial charge in [-0.2, -0.15) is 0 Å². The molecule has 2 rings (SSSR count). The van der Waals surface area contributed by atoms with Gasteiger partial charge in [-0.25, -0.2) is 9.97 Å². The maximum Gasteiger partial charge on any atom is 0.272 e. The second-order valence-electron chi connectivity index (χ2n) is 4.61. The summed E-state index contributed by atoms with van der Waals surface area (Å²) in [5.41, 5.74) is 1.40. The molecule has 0 unspecified atom stereocenters. The summed E-state index contributed by atoms with van der Waals surface area (Å²) < 4.78 is 0. The van der Waals surface area contributed by atoms with Crippen LogP contribution in [-0.4, -0.2) is 40.9 Å². The Morgan fingerprint density at radius 3 is 2.38 bits per heavy atom. The molecule has 110 valence electrons. The van der Waals surface area contributed by atoms with Gasteiger partial charge >= 0.3 is 0 Å². The van der Waals surface area contributed by atoms with Gasteiger partial charge in [-0.1, -0.05) is 18.2 Å². The molecule has 0 aliphatic carbocycles. The summed E-state index contributed by atoms with van der Waals surface area (Å²) in [6.07, 6.45) is 1.62. The van der Waals surface area contributed by atoms with Crippen LogP contribution in [0.3, 0.4) is 0 Å². The highest BCUT2D eigenvalue weighted by atomic mass is 16.2. The second kappa shape index (κ2) is 6.83. The smallest absolute Gasteiger partial charge is 0.272 e. The fourth-order valence-electron chi connectivity index (χ4n) is 2.07. The molecule has 0 saturated heterocycles. The Kier molecular flexibility index (Phi) is 4.87. The molecule has 0 N–H and O–H groups in total. The minimum atomic E-state index is -0.0647. The summed E-state index contributed by atoms with van der Waals surface area (Å²) in [5.74, 6) is 0.448. The molecule has 0 spiro atoms. The van der Waals surface area contributed by atoms with Crippen LogP contribution >= 0.6 is 0 Å². The van der Waals surface area contributed by atoms with E-state index in [-0.39, 0.29) is 5.91 Å². The quantitative estimate of drug-likeness (QED) is 0.847. The first-order valence-corrected chi connectivity index (χ1v) is 7.08. The highest BCUT2D eigenvalue weighted by Crippen LogP contribution is 2.19. The molecule has 21 heavy (non-hydrogen) atoms. The fourth-order valence-corrected chi connectivity index (χ4v) is 2.07. The van der Waals surface area contributed by atoms with E-state index in [1.165, 1.54) is 0 Å². The van der Waals surface area contributed by atoms with Gasteiger partial charge in [-0.15, -0.1) is 0 Å². The molecule has 0 aliphatic rings. The third-order valence-corrected chi connectivity index (χ3v) is 3.36. The number of hydrogen-bond acceptors (Lipinski definition) is 4. The third-order valence-electron chi connectivity index (χ3n) is 3.36. The minimum Gasteiger partial charge on any atom is -0.338 e. The van der Waals surface area contributed by atoms with Gasteiger partial charge in [0.1, 0.15) is 5.69 Å². The Morgan fingerprint density at radius 1 is 1.10 bits per heavy atom. The molecule has 0 atom stereocenters. The Balaban J connectivity index is 2.27. The lowest BCUT2D eigenvalue weighted by Gasteiger charge is -2.20. The minimum absolute atomic E-state index is 0.0647. The summed E-state index contributed by atoms with van der Waals surface area (Å²) in [7, 11) is 1.89. The van der Waals surface area contributed by atoms with Crippen LogP contribution in [0.1, 0.15) is 24.3 Å². The van der Waals surface area contributed by atoms with E-state index in [0.717, 1.165) is 5.69 Å². The van der Waals surface area contributed by atoms with E-state index in [2.05, 4.69) is 9.97 Å². The lowest BCUT2D eigenvalue weighted by molar-refractivity contribution is 0.0767. The van der Waals surface area contributed by atoms with Gasteiger partial charge in [0.2, 0.25) is 5.95 Å². The third kappa shape index (κ3) is 3.37. The first kappa shape index (κ1) is 15.0. The topological polar surface area (TPSA) is 49.3 Å². The van der Waals surface area contributed by atoms with Gasteiger partial charge in [0.25, 0.3) is 5.91 Å². The number of anilines is 2. The number of aromatic nitrogens is 2. The van der Waals surface area contributed by atoms with Crippen LogP contribution in [0.25, 0.3) is 0 Å². The number of hydrogen-bond donors (Lipinski definition) is 0. The first-order valence-electron chi connectivity index (χ1n) is 7.08. The standard InChI is InChI=1S/C16H20N4O/c1-4-20(5-2)15(21)14-11-12-17-16(18-14)19(3)13-9-7-6-8-10-13/h6-12H,4-5H2,1-3H3. The molecule has 5 heteroatoms. The van der Waals surface area contributed by atoms with E-state index in [1.54, 1.807) is 17.2 Å². The molecule has 1 aromatic heterocycles. The maximum atomic E-state index is 12.3. The van der Waals surface area contributed by atoms with Gasteiger partial charge in [0, 0.05) is 32.0 Å². The highest BCUT2D eigenvalue weighted by Gasteiger charge is 2.16. The van der Waals surface area contributed by atoms with Gasteiger partial charge < -0.3 is 9.80 Å². The predicted octanol–water partition coefficient (Wildman–Crippen LogP) is 2.73. The summed E-state index contributed by atoms with van der Waals surface area (Å²) in [6.45, 7) is 5.26. The SMILES string of the molecule is CCN(CC)C(=O)c1ccnc(N(C)c2ccccc2)n1. The van der Waals surface area contributed by atoms with E-state index in [1.807, 2.05) is 56.1 Å². The molecule has 1 aromatic carbocycles. The normalized spacial score (nSPS) is 10.2. The van der Waals surface area contributed by atoms with E-state index in [4.69, 9.17) is 0 Å². The van der Waals surface area contributed by atoms with Crippen molar-refractivity contribution >= 4 is 17.5 Å². The van der Waals surface area contributed by atoms with E-state index < -0.39 is 0 Å². The van der Waals surface area contributed by atoms with Crippen LogP contribution in [0.4, 0.5) is 11.6 Å². The van der Waals surface area contributed by atoms with Crippen molar-refractivity contribution in [2.75, 3.05) is 25.0 Å². The number of amides is 1. The largest absolute Gasteiger partial charge is 0.338 e. The monoisotopic (exact) mass is 284 g/mol. The Morgan fingerprint density at radius 2 is 1.76 bits per heavy atom. The van der Waals surface area contributed by atoms with Crippen LogP contribution < -0.4 is 4.90 Å². The van der Waals surface area contributed by atoms with Crippen molar-refractivity contribution in [2.24, 2.45) is 0 Å². The average molecular weight is 284 g/mol. The predicted molar refractivity (Wildman–Crippen MR) is 83.8 cm³/mol. The van der Waals surface area contributed by atoms with Crippen molar-refractivity contribution in [2.45, 2.75) is 13.8 Å². The van der Waals surface area contributed by atoms with E-state index in [0.29, 0.717) is 24.7 Å². The van der Waals surface area contributed by atoms with Gasteiger partial charge in [-0.3, -0.25) is 4.79 Å². The zero-order valence-electron chi connectivity index (χ0n) is 12.7. The zero-order chi connectivity index (χ0) is 15.2. The van der Waals surface area contributed by atoms with Crippen molar-refractivity contribution in [1.82, 2.24) is 14.9 Å². The summed E-state index contributed by atoms with van der Waals surface area (Å²) >= 11 is 0. The molecule has 1 amide bonds. The molecule has 0 saturated carbocycles. The number of para-hydroxylation sites is 1. The average Bonchev–Trinajstić information content (AvgIpc) is 2.56. The van der Waals surface area contributed by atoms with Crippen LogP contribution in [0.15, 0.2) is 42.6 Å². The Bertz CT molecular complexity index is 596.